The number of nitrogens with zero attached hydrogens (tertiary/aromatic N) is 4. The number of thioether (sulfide) groups is 1. The molecule has 0 atom stereocenters. The summed E-state index contributed by atoms with van der Waals surface area (Å²) in [6.07, 6.45) is 0. The lowest BCUT2D eigenvalue weighted by Gasteiger charge is -2.11. The molecule has 31 heavy (non-hydrogen) atoms. The van der Waals surface area contributed by atoms with Crippen molar-refractivity contribution in [1.29, 1.82) is 0 Å². The standard InChI is InChI=1S/C23H18ClN5OS/c1-30-18-6-4-5-15(13-18)22-27-28-23(29(22)17-11-9-16(24)10-12-17)31-14-21-25-19-7-2-3-8-20(19)26-21/h2-13H,14H2,1H3,(H,25,26). The van der Waals surface area contributed by atoms with Gasteiger partial charge in [0.05, 0.1) is 23.9 Å². The van der Waals surface area contributed by atoms with Gasteiger partial charge < -0.3 is 9.72 Å². The van der Waals surface area contributed by atoms with Crippen molar-refractivity contribution in [1.82, 2.24) is 24.7 Å². The summed E-state index contributed by atoms with van der Waals surface area (Å²) in [6.45, 7) is 0. The van der Waals surface area contributed by atoms with Crippen LogP contribution in [0.2, 0.25) is 5.02 Å². The zero-order valence-electron chi connectivity index (χ0n) is 16.6. The highest BCUT2D eigenvalue weighted by Crippen LogP contribution is 2.31. The van der Waals surface area contributed by atoms with Crippen LogP contribution in [0.4, 0.5) is 0 Å². The number of rotatable bonds is 6. The molecule has 0 saturated heterocycles. The van der Waals surface area contributed by atoms with Crippen molar-refractivity contribution in [3.05, 3.63) is 83.6 Å². The van der Waals surface area contributed by atoms with E-state index in [2.05, 4.69) is 20.2 Å². The van der Waals surface area contributed by atoms with Gasteiger partial charge in [-0.15, -0.1) is 10.2 Å². The minimum atomic E-state index is 0.637. The number of aromatic nitrogens is 5. The van der Waals surface area contributed by atoms with Gasteiger partial charge in [0.25, 0.3) is 0 Å². The molecule has 2 aromatic heterocycles. The van der Waals surface area contributed by atoms with Crippen LogP contribution < -0.4 is 4.74 Å². The SMILES string of the molecule is COc1cccc(-c2nnc(SCc3nc4ccccc4[nH]3)n2-c2ccc(Cl)cc2)c1. The predicted molar refractivity (Wildman–Crippen MR) is 124 cm³/mol. The number of hydrogen-bond donors (Lipinski definition) is 1. The van der Waals surface area contributed by atoms with Crippen LogP contribution in [0.5, 0.6) is 5.75 Å². The van der Waals surface area contributed by atoms with Gasteiger partial charge in [-0.3, -0.25) is 4.57 Å². The number of aromatic amines is 1. The van der Waals surface area contributed by atoms with E-state index >= 15 is 0 Å². The molecule has 5 aromatic rings. The average molecular weight is 448 g/mol. The molecule has 0 radical (unpaired) electrons. The molecule has 154 valence electrons. The van der Waals surface area contributed by atoms with Crippen LogP contribution in [0.15, 0.2) is 78.0 Å². The molecular formula is C23H18ClN5OS. The van der Waals surface area contributed by atoms with E-state index in [9.17, 15) is 0 Å². The normalized spacial score (nSPS) is 11.2. The van der Waals surface area contributed by atoms with Crippen LogP contribution in [-0.4, -0.2) is 31.8 Å². The van der Waals surface area contributed by atoms with Crippen molar-refractivity contribution in [3.8, 4) is 22.8 Å². The van der Waals surface area contributed by atoms with Gasteiger partial charge in [0.2, 0.25) is 0 Å². The van der Waals surface area contributed by atoms with E-state index in [1.807, 2.05) is 77.4 Å². The summed E-state index contributed by atoms with van der Waals surface area (Å²) in [4.78, 5) is 8.02. The smallest absolute Gasteiger partial charge is 0.196 e. The number of para-hydroxylation sites is 2. The fourth-order valence-corrected chi connectivity index (χ4v) is 4.29. The van der Waals surface area contributed by atoms with Crippen molar-refractivity contribution in [2.75, 3.05) is 7.11 Å². The van der Waals surface area contributed by atoms with Gasteiger partial charge in [0, 0.05) is 16.3 Å². The van der Waals surface area contributed by atoms with E-state index in [0.717, 1.165) is 44.8 Å². The summed E-state index contributed by atoms with van der Waals surface area (Å²) in [5, 5.41) is 10.4. The van der Waals surface area contributed by atoms with E-state index in [-0.39, 0.29) is 0 Å². The third-order valence-electron chi connectivity index (χ3n) is 4.82. The highest BCUT2D eigenvalue weighted by Gasteiger charge is 2.17. The fraction of sp³-hybridized carbons (Fsp3) is 0.0870. The number of methoxy groups -OCH3 is 1. The van der Waals surface area contributed by atoms with Crippen LogP contribution in [0.25, 0.3) is 28.1 Å². The summed E-state index contributed by atoms with van der Waals surface area (Å²) in [5.74, 6) is 3.02. The minimum absolute atomic E-state index is 0.637. The Morgan fingerprint density at radius 2 is 1.84 bits per heavy atom. The summed E-state index contributed by atoms with van der Waals surface area (Å²) in [5.41, 5.74) is 3.82. The third kappa shape index (κ3) is 4.02. The number of H-pyrrole nitrogens is 1. The molecule has 0 unspecified atom stereocenters. The van der Waals surface area contributed by atoms with E-state index in [1.54, 1.807) is 18.9 Å². The van der Waals surface area contributed by atoms with E-state index in [1.165, 1.54) is 0 Å². The second kappa shape index (κ2) is 8.45. The molecule has 0 aliphatic carbocycles. The zero-order chi connectivity index (χ0) is 21.2. The molecule has 8 heteroatoms. The summed E-state index contributed by atoms with van der Waals surface area (Å²) < 4.78 is 7.41. The van der Waals surface area contributed by atoms with Gasteiger partial charge in [0.15, 0.2) is 11.0 Å². The molecule has 0 saturated carbocycles. The van der Waals surface area contributed by atoms with Gasteiger partial charge in [0.1, 0.15) is 11.6 Å². The molecule has 1 N–H and O–H groups in total. The predicted octanol–water partition coefficient (Wildman–Crippen LogP) is 5.76. The van der Waals surface area contributed by atoms with Gasteiger partial charge in [-0.05, 0) is 48.5 Å². The molecule has 0 aliphatic rings. The first-order valence-electron chi connectivity index (χ1n) is 9.63. The molecule has 3 aromatic carbocycles. The van der Waals surface area contributed by atoms with Gasteiger partial charge in [-0.25, -0.2) is 4.98 Å². The molecule has 0 bridgehead atoms. The van der Waals surface area contributed by atoms with Crippen molar-refractivity contribution < 1.29 is 4.74 Å². The Hall–Kier alpha value is -3.29. The summed E-state index contributed by atoms with van der Waals surface area (Å²) >= 11 is 7.69. The van der Waals surface area contributed by atoms with Crippen LogP contribution in [0.1, 0.15) is 5.82 Å². The first-order valence-corrected chi connectivity index (χ1v) is 11.0. The molecule has 0 aliphatic heterocycles. The number of imidazole rings is 1. The third-order valence-corrected chi connectivity index (χ3v) is 6.01. The summed E-state index contributed by atoms with van der Waals surface area (Å²) in [6, 6.07) is 23.4. The van der Waals surface area contributed by atoms with E-state index < -0.39 is 0 Å². The first kappa shape index (κ1) is 19.7. The second-order valence-electron chi connectivity index (χ2n) is 6.84. The van der Waals surface area contributed by atoms with Gasteiger partial charge >= 0.3 is 0 Å². The average Bonchev–Trinajstić information content (AvgIpc) is 3.42. The Bertz CT molecular complexity index is 1310. The topological polar surface area (TPSA) is 68.6 Å². The quantitative estimate of drug-likeness (QED) is 0.335. The number of hydrogen-bond acceptors (Lipinski definition) is 5. The minimum Gasteiger partial charge on any atom is -0.497 e. The lowest BCUT2D eigenvalue weighted by atomic mass is 10.2. The Kier molecular flexibility index (Phi) is 5.36. The summed E-state index contributed by atoms with van der Waals surface area (Å²) in [7, 11) is 1.65. The molecule has 6 nitrogen and oxygen atoms in total. The van der Waals surface area contributed by atoms with Crippen LogP contribution >= 0.6 is 23.4 Å². The first-order chi connectivity index (χ1) is 15.2. The second-order valence-corrected chi connectivity index (χ2v) is 8.22. The van der Waals surface area contributed by atoms with Gasteiger partial charge in [-0.1, -0.05) is 47.6 Å². The highest BCUT2D eigenvalue weighted by molar-refractivity contribution is 7.98. The van der Waals surface area contributed by atoms with Crippen molar-refractivity contribution in [2.24, 2.45) is 0 Å². The largest absolute Gasteiger partial charge is 0.497 e. The van der Waals surface area contributed by atoms with Gasteiger partial charge in [-0.2, -0.15) is 0 Å². The molecule has 0 amide bonds. The number of benzene rings is 3. The van der Waals surface area contributed by atoms with E-state index in [4.69, 9.17) is 16.3 Å². The molecule has 0 spiro atoms. The molecule has 2 heterocycles. The monoisotopic (exact) mass is 447 g/mol. The van der Waals surface area contributed by atoms with Crippen molar-refractivity contribution in [2.45, 2.75) is 10.9 Å². The lowest BCUT2D eigenvalue weighted by Crippen LogP contribution is -2.00. The Balaban J connectivity index is 1.53. The van der Waals surface area contributed by atoms with E-state index in [0.29, 0.717) is 10.8 Å². The number of nitrogens with one attached hydrogen (secondary N) is 1. The van der Waals surface area contributed by atoms with Crippen molar-refractivity contribution >= 4 is 34.4 Å². The maximum atomic E-state index is 6.11. The Morgan fingerprint density at radius 3 is 2.65 bits per heavy atom. The number of ether oxygens (including phenoxy) is 1. The molecular weight excluding hydrogens is 430 g/mol. The molecule has 5 rings (SSSR count). The Morgan fingerprint density at radius 1 is 1.00 bits per heavy atom. The number of fused-ring (bicyclic) bond motifs is 1. The molecule has 0 fully saturated rings. The fourth-order valence-electron chi connectivity index (χ4n) is 3.34. The van der Waals surface area contributed by atoms with Crippen LogP contribution in [0.3, 0.4) is 0 Å². The maximum absolute atomic E-state index is 6.11. The van der Waals surface area contributed by atoms with Crippen LogP contribution in [0, 0.1) is 0 Å². The maximum Gasteiger partial charge on any atom is 0.196 e. The van der Waals surface area contributed by atoms with Crippen molar-refractivity contribution in [3.63, 3.8) is 0 Å². The Labute approximate surface area is 188 Å². The van der Waals surface area contributed by atoms with Crippen LogP contribution in [-0.2, 0) is 5.75 Å². The lowest BCUT2D eigenvalue weighted by molar-refractivity contribution is 0.415. The number of halogens is 1. The zero-order valence-corrected chi connectivity index (χ0v) is 18.2. The highest BCUT2D eigenvalue weighted by atomic mass is 35.5.